The summed E-state index contributed by atoms with van der Waals surface area (Å²) in [6, 6.07) is 6.27. The van der Waals surface area contributed by atoms with Crippen molar-refractivity contribution in [2.75, 3.05) is 25.2 Å². The molecule has 1 aromatic carbocycles. The first-order valence-electron chi connectivity index (χ1n) is 5.69. The molecule has 18 heavy (non-hydrogen) atoms. The molecule has 1 amide bonds. The summed E-state index contributed by atoms with van der Waals surface area (Å²) in [4.78, 5) is 13.7. The van der Waals surface area contributed by atoms with Gasteiger partial charge in [0.15, 0.2) is 9.84 Å². The summed E-state index contributed by atoms with van der Waals surface area (Å²) in [7, 11) is -1.46. The van der Waals surface area contributed by atoms with Gasteiger partial charge in [0, 0.05) is 25.5 Å². The summed E-state index contributed by atoms with van der Waals surface area (Å²) in [5.74, 6) is 0.0414. The van der Waals surface area contributed by atoms with Crippen LogP contribution in [0.1, 0.15) is 6.42 Å². The van der Waals surface area contributed by atoms with E-state index in [2.05, 4.69) is 5.32 Å². The summed E-state index contributed by atoms with van der Waals surface area (Å²) in [6.45, 7) is 0.724. The Labute approximate surface area is 107 Å². The summed E-state index contributed by atoms with van der Waals surface area (Å²) >= 11 is 0. The molecule has 1 unspecified atom stereocenters. The monoisotopic (exact) mass is 268 g/mol. The van der Waals surface area contributed by atoms with Crippen molar-refractivity contribution in [2.45, 2.75) is 17.4 Å². The first-order valence-corrected chi connectivity index (χ1v) is 7.59. The van der Waals surface area contributed by atoms with E-state index in [9.17, 15) is 13.2 Å². The molecular weight excluding hydrogens is 252 g/mol. The molecular formula is C12H16N2O3S. The molecule has 0 spiro atoms. The normalized spacial score (nSPS) is 20.2. The molecule has 5 nitrogen and oxygen atoms in total. The Balaban J connectivity index is 2.18. The van der Waals surface area contributed by atoms with Crippen molar-refractivity contribution in [1.29, 1.82) is 0 Å². The number of likely N-dealkylation sites (tertiary alicyclic amines) is 1. The predicted molar refractivity (Wildman–Crippen MR) is 69.2 cm³/mol. The summed E-state index contributed by atoms with van der Waals surface area (Å²) in [5, 5.41) is 3.08. The van der Waals surface area contributed by atoms with E-state index < -0.39 is 9.84 Å². The minimum absolute atomic E-state index is 0.0414. The van der Waals surface area contributed by atoms with Crippen LogP contribution in [0, 0.1) is 0 Å². The fourth-order valence-corrected chi connectivity index (χ4v) is 2.64. The van der Waals surface area contributed by atoms with Gasteiger partial charge in [0.2, 0.25) is 5.91 Å². The van der Waals surface area contributed by atoms with Gasteiger partial charge < -0.3 is 10.2 Å². The average molecular weight is 268 g/mol. The van der Waals surface area contributed by atoms with Crippen molar-refractivity contribution >= 4 is 21.4 Å². The maximum absolute atomic E-state index is 11.7. The van der Waals surface area contributed by atoms with Crippen LogP contribution in [0.5, 0.6) is 0 Å². The summed E-state index contributed by atoms with van der Waals surface area (Å²) in [5.41, 5.74) is 0.659. The fraction of sp³-hybridized carbons (Fsp3) is 0.417. The lowest BCUT2D eigenvalue weighted by molar-refractivity contribution is -0.127. The first-order chi connectivity index (χ1) is 8.38. The van der Waals surface area contributed by atoms with Crippen molar-refractivity contribution in [1.82, 2.24) is 4.90 Å². The lowest BCUT2D eigenvalue weighted by atomic mass is 10.2. The molecule has 0 aromatic heterocycles. The Bertz CT molecular complexity index is 568. The number of hydrogen-bond acceptors (Lipinski definition) is 4. The topological polar surface area (TPSA) is 66.5 Å². The molecule has 6 heteroatoms. The van der Waals surface area contributed by atoms with E-state index in [1.54, 1.807) is 36.2 Å². The number of carbonyl (C=O) groups is 1. The summed E-state index contributed by atoms with van der Waals surface area (Å²) < 4.78 is 22.9. The third-order valence-corrected chi connectivity index (χ3v) is 4.14. The van der Waals surface area contributed by atoms with Crippen LogP contribution in [-0.2, 0) is 14.6 Å². The number of benzene rings is 1. The lowest BCUT2D eigenvalue weighted by Crippen LogP contribution is -2.30. The number of nitrogens with zero attached hydrogens (tertiary/aromatic N) is 1. The van der Waals surface area contributed by atoms with Crippen molar-refractivity contribution in [2.24, 2.45) is 0 Å². The number of carbonyl (C=O) groups excluding carboxylic acids is 1. The van der Waals surface area contributed by atoms with E-state index in [0.29, 0.717) is 5.69 Å². The van der Waals surface area contributed by atoms with Crippen LogP contribution in [0.25, 0.3) is 0 Å². The maximum atomic E-state index is 11.7. The van der Waals surface area contributed by atoms with Gasteiger partial charge in [-0.1, -0.05) is 6.07 Å². The van der Waals surface area contributed by atoms with E-state index >= 15 is 0 Å². The average Bonchev–Trinajstić information content (AvgIpc) is 2.60. The zero-order chi connectivity index (χ0) is 13.3. The Morgan fingerprint density at radius 1 is 1.39 bits per heavy atom. The largest absolute Gasteiger partial charge is 0.374 e. The molecule has 0 bridgehead atoms. The standard InChI is InChI=1S/C12H16N2O3S/c1-14-7-6-11(12(14)15)13-9-4-3-5-10(8-9)18(2,16)17/h3-5,8,11,13H,6-7H2,1-2H3. The highest BCUT2D eigenvalue weighted by Gasteiger charge is 2.28. The molecule has 1 aromatic rings. The number of nitrogens with one attached hydrogen (secondary N) is 1. The third kappa shape index (κ3) is 2.64. The zero-order valence-electron chi connectivity index (χ0n) is 10.4. The zero-order valence-corrected chi connectivity index (χ0v) is 11.2. The molecule has 1 heterocycles. The highest BCUT2D eigenvalue weighted by atomic mass is 32.2. The van der Waals surface area contributed by atoms with Crippen molar-refractivity contribution in [3.63, 3.8) is 0 Å². The highest BCUT2D eigenvalue weighted by molar-refractivity contribution is 7.90. The Morgan fingerprint density at radius 3 is 2.67 bits per heavy atom. The van der Waals surface area contributed by atoms with Gasteiger partial charge in [-0.15, -0.1) is 0 Å². The number of rotatable bonds is 3. The maximum Gasteiger partial charge on any atom is 0.244 e. The van der Waals surface area contributed by atoms with Gasteiger partial charge in [0.25, 0.3) is 0 Å². The van der Waals surface area contributed by atoms with Gasteiger partial charge in [-0.25, -0.2) is 8.42 Å². The minimum Gasteiger partial charge on any atom is -0.374 e. The van der Waals surface area contributed by atoms with Crippen LogP contribution >= 0.6 is 0 Å². The highest BCUT2D eigenvalue weighted by Crippen LogP contribution is 2.19. The van der Waals surface area contributed by atoms with E-state index in [1.165, 1.54) is 6.26 Å². The first kappa shape index (κ1) is 12.9. The van der Waals surface area contributed by atoms with Crippen LogP contribution < -0.4 is 5.32 Å². The van der Waals surface area contributed by atoms with E-state index in [-0.39, 0.29) is 16.8 Å². The fourth-order valence-electron chi connectivity index (χ4n) is 1.97. The molecule has 1 aliphatic rings. The minimum atomic E-state index is -3.22. The number of anilines is 1. The van der Waals surface area contributed by atoms with E-state index in [1.807, 2.05) is 0 Å². The number of amides is 1. The van der Waals surface area contributed by atoms with Crippen LogP contribution in [0.3, 0.4) is 0 Å². The van der Waals surface area contributed by atoms with Gasteiger partial charge in [-0.05, 0) is 24.6 Å². The van der Waals surface area contributed by atoms with Crippen LogP contribution in [0.4, 0.5) is 5.69 Å². The number of sulfone groups is 1. The quantitative estimate of drug-likeness (QED) is 0.877. The van der Waals surface area contributed by atoms with Crippen molar-refractivity contribution in [3.8, 4) is 0 Å². The molecule has 1 N–H and O–H groups in total. The van der Waals surface area contributed by atoms with Gasteiger partial charge in [-0.2, -0.15) is 0 Å². The molecule has 1 saturated heterocycles. The lowest BCUT2D eigenvalue weighted by Gasteiger charge is -2.14. The molecule has 98 valence electrons. The molecule has 2 rings (SSSR count). The van der Waals surface area contributed by atoms with Crippen LogP contribution in [0.15, 0.2) is 29.2 Å². The molecule has 1 atom stereocenters. The van der Waals surface area contributed by atoms with Crippen LogP contribution in [0.2, 0.25) is 0 Å². The predicted octanol–water partition coefficient (Wildman–Crippen LogP) is 0.733. The second kappa shape index (κ2) is 4.61. The molecule has 1 fully saturated rings. The number of hydrogen-bond donors (Lipinski definition) is 1. The van der Waals surface area contributed by atoms with E-state index in [0.717, 1.165) is 13.0 Å². The Kier molecular flexibility index (Phi) is 3.30. The molecule has 1 aliphatic heterocycles. The Morgan fingerprint density at radius 2 is 2.11 bits per heavy atom. The third-order valence-electron chi connectivity index (χ3n) is 3.03. The van der Waals surface area contributed by atoms with Gasteiger partial charge in [0.1, 0.15) is 6.04 Å². The van der Waals surface area contributed by atoms with Gasteiger partial charge in [0.05, 0.1) is 4.90 Å². The van der Waals surface area contributed by atoms with Crippen molar-refractivity contribution < 1.29 is 13.2 Å². The smallest absolute Gasteiger partial charge is 0.244 e. The van der Waals surface area contributed by atoms with Crippen LogP contribution in [-0.4, -0.2) is 45.1 Å². The van der Waals surface area contributed by atoms with E-state index in [4.69, 9.17) is 0 Å². The van der Waals surface area contributed by atoms with Gasteiger partial charge >= 0.3 is 0 Å². The van der Waals surface area contributed by atoms with Crippen molar-refractivity contribution in [3.05, 3.63) is 24.3 Å². The molecule has 0 aliphatic carbocycles. The second-order valence-electron chi connectivity index (χ2n) is 4.55. The second-order valence-corrected chi connectivity index (χ2v) is 6.56. The summed E-state index contributed by atoms with van der Waals surface area (Å²) in [6.07, 6.45) is 1.90. The molecule has 0 radical (unpaired) electrons. The van der Waals surface area contributed by atoms with Gasteiger partial charge in [-0.3, -0.25) is 4.79 Å². The number of likely N-dealkylation sites (N-methyl/N-ethyl adjacent to an activating group) is 1. The SMILES string of the molecule is CN1CCC(Nc2cccc(S(C)(=O)=O)c2)C1=O. The Hall–Kier alpha value is -1.56. The molecule has 0 saturated carbocycles.